The molecule has 0 spiro atoms. The van der Waals surface area contributed by atoms with E-state index in [0.717, 1.165) is 33.7 Å². The molecule has 0 amide bonds. The molecule has 3 rings (SSSR count). The number of H-pyrrole nitrogens is 1. The second-order valence-electron chi connectivity index (χ2n) is 4.00. The third kappa shape index (κ3) is 2.44. The topological polar surface area (TPSA) is 40.7 Å². The number of anilines is 2. The van der Waals surface area contributed by atoms with Crippen molar-refractivity contribution in [1.29, 1.82) is 0 Å². The van der Waals surface area contributed by atoms with Gasteiger partial charge < -0.3 is 10.3 Å². The number of nitrogens with zero attached hydrogens (tertiary/aromatic N) is 1. The van der Waals surface area contributed by atoms with Crippen molar-refractivity contribution in [2.24, 2.45) is 0 Å². The molecule has 0 aliphatic heterocycles. The van der Waals surface area contributed by atoms with E-state index in [1.54, 1.807) is 0 Å². The maximum atomic E-state index is 13.5. The number of benzene rings is 2. The first-order valence-corrected chi connectivity index (χ1v) is 6.28. The van der Waals surface area contributed by atoms with Crippen LogP contribution in [0, 0.1) is 11.6 Å². The van der Waals surface area contributed by atoms with Crippen molar-refractivity contribution in [3.05, 3.63) is 52.5 Å². The molecule has 0 saturated heterocycles. The van der Waals surface area contributed by atoms with Gasteiger partial charge in [-0.25, -0.2) is 13.8 Å². The minimum Gasteiger partial charge on any atom is -0.324 e. The van der Waals surface area contributed by atoms with Crippen molar-refractivity contribution < 1.29 is 8.78 Å². The van der Waals surface area contributed by atoms with Crippen LogP contribution in [0.15, 0.2) is 40.9 Å². The Labute approximate surface area is 115 Å². The largest absolute Gasteiger partial charge is 0.324 e. The highest BCUT2D eigenvalue weighted by molar-refractivity contribution is 9.10. The molecule has 0 unspecified atom stereocenters. The molecular formula is C13H8BrF2N3. The van der Waals surface area contributed by atoms with Gasteiger partial charge in [0, 0.05) is 10.5 Å². The molecule has 19 heavy (non-hydrogen) atoms. The van der Waals surface area contributed by atoms with Crippen LogP contribution in [0.2, 0.25) is 0 Å². The van der Waals surface area contributed by atoms with Crippen LogP contribution in [-0.2, 0) is 0 Å². The van der Waals surface area contributed by atoms with Crippen molar-refractivity contribution in [3.8, 4) is 0 Å². The standard InChI is InChI=1S/C13H8BrF2N3/c14-7-1-4-10-12(5-7)19-13(17-10)18-11-6-8(15)2-3-9(11)16/h1-6H,(H2,17,18,19). The Morgan fingerprint density at radius 2 is 1.95 bits per heavy atom. The number of halogens is 3. The molecule has 0 aliphatic carbocycles. The number of rotatable bonds is 2. The van der Waals surface area contributed by atoms with E-state index in [2.05, 4.69) is 31.2 Å². The van der Waals surface area contributed by atoms with E-state index < -0.39 is 11.6 Å². The smallest absolute Gasteiger partial charge is 0.205 e. The van der Waals surface area contributed by atoms with Crippen LogP contribution >= 0.6 is 15.9 Å². The minimum atomic E-state index is -0.539. The summed E-state index contributed by atoms with van der Waals surface area (Å²) in [5, 5.41) is 2.72. The lowest BCUT2D eigenvalue weighted by atomic mass is 10.3. The van der Waals surface area contributed by atoms with E-state index in [9.17, 15) is 8.78 Å². The van der Waals surface area contributed by atoms with Crippen LogP contribution < -0.4 is 5.32 Å². The van der Waals surface area contributed by atoms with Gasteiger partial charge in [-0.15, -0.1) is 0 Å². The summed E-state index contributed by atoms with van der Waals surface area (Å²) in [5.41, 5.74) is 1.58. The van der Waals surface area contributed by atoms with E-state index in [1.807, 2.05) is 18.2 Å². The van der Waals surface area contributed by atoms with Crippen molar-refractivity contribution in [3.63, 3.8) is 0 Å². The Morgan fingerprint density at radius 3 is 2.79 bits per heavy atom. The SMILES string of the molecule is Fc1ccc(F)c(Nc2nc3ccc(Br)cc3[nH]2)c1. The molecule has 96 valence electrons. The summed E-state index contributed by atoms with van der Waals surface area (Å²) >= 11 is 3.35. The first-order chi connectivity index (χ1) is 9.11. The zero-order valence-electron chi connectivity index (χ0n) is 9.55. The molecular weight excluding hydrogens is 316 g/mol. The molecule has 2 N–H and O–H groups in total. The molecule has 1 aromatic heterocycles. The van der Waals surface area contributed by atoms with E-state index in [-0.39, 0.29) is 5.69 Å². The van der Waals surface area contributed by atoms with E-state index in [1.165, 1.54) is 0 Å². The van der Waals surface area contributed by atoms with Crippen LogP contribution in [0.1, 0.15) is 0 Å². The lowest BCUT2D eigenvalue weighted by molar-refractivity contribution is 0.603. The van der Waals surface area contributed by atoms with Crippen LogP contribution in [0.5, 0.6) is 0 Å². The summed E-state index contributed by atoms with van der Waals surface area (Å²) in [7, 11) is 0. The zero-order chi connectivity index (χ0) is 13.4. The summed E-state index contributed by atoms with van der Waals surface area (Å²) in [5.74, 6) is -0.691. The van der Waals surface area contributed by atoms with E-state index in [0.29, 0.717) is 5.95 Å². The number of fused-ring (bicyclic) bond motifs is 1. The third-order valence-corrected chi connectivity index (χ3v) is 3.12. The summed E-state index contributed by atoms with van der Waals surface area (Å²) in [6.07, 6.45) is 0. The fourth-order valence-electron chi connectivity index (χ4n) is 1.76. The van der Waals surface area contributed by atoms with Gasteiger partial charge in [0.05, 0.1) is 16.7 Å². The lowest BCUT2D eigenvalue weighted by Crippen LogP contribution is -1.96. The normalized spacial score (nSPS) is 10.9. The Hall–Kier alpha value is -1.95. The molecule has 0 radical (unpaired) electrons. The van der Waals surface area contributed by atoms with Gasteiger partial charge >= 0.3 is 0 Å². The summed E-state index contributed by atoms with van der Waals surface area (Å²) in [6.45, 7) is 0. The predicted molar refractivity (Wildman–Crippen MR) is 73.4 cm³/mol. The number of hydrogen-bond donors (Lipinski definition) is 2. The number of nitrogens with one attached hydrogen (secondary N) is 2. The molecule has 0 aliphatic rings. The van der Waals surface area contributed by atoms with E-state index in [4.69, 9.17) is 0 Å². The number of imidazole rings is 1. The van der Waals surface area contributed by atoms with Gasteiger partial charge in [0.25, 0.3) is 0 Å². The fourth-order valence-corrected chi connectivity index (χ4v) is 2.12. The minimum absolute atomic E-state index is 0.0399. The van der Waals surface area contributed by atoms with Gasteiger partial charge in [0.1, 0.15) is 11.6 Å². The van der Waals surface area contributed by atoms with Crippen molar-refractivity contribution in [1.82, 2.24) is 9.97 Å². The van der Waals surface area contributed by atoms with E-state index >= 15 is 0 Å². The lowest BCUT2D eigenvalue weighted by Gasteiger charge is -2.03. The van der Waals surface area contributed by atoms with Crippen molar-refractivity contribution in [2.75, 3.05) is 5.32 Å². The van der Waals surface area contributed by atoms with Crippen LogP contribution in [0.4, 0.5) is 20.4 Å². The van der Waals surface area contributed by atoms with Crippen molar-refractivity contribution >= 4 is 38.6 Å². The van der Waals surface area contributed by atoms with Gasteiger partial charge in [-0.2, -0.15) is 0 Å². The summed E-state index contributed by atoms with van der Waals surface area (Å²) in [6, 6.07) is 8.75. The van der Waals surface area contributed by atoms with Crippen LogP contribution in [-0.4, -0.2) is 9.97 Å². The van der Waals surface area contributed by atoms with Gasteiger partial charge in [-0.3, -0.25) is 0 Å². The zero-order valence-corrected chi connectivity index (χ0v) is 11.1. The maximum Gasteiger partial charge on any atom is 0.205 e. The van der Waals surface area contributed by atoms with Crippen LogP contribution in [0.25, 0.3) is 11.0 Å². The second kappa shape index (κ2) is 4.62. The molecule has 0 fully saturated rings. The third-order valence-electron chi connectivity index (χ3n) is 2.63. The molecule has 1 heterocycles. The molecule has 3 nitrogen and oxygen atoms in total. The maximum absolute atomic E-state index is 13.5. The Morgan fingerprint density at radius 1 is 1.11 bits per heavy atom. The first-order valence-electron chi connectivity index (χ1n) is 5.49. The van der Waals surface area contributed by atoms with Gasteiger partial charge in [-0.1, -0.05) is 15.9 Å². The molecule has 6 heteroatoms. The quantitative estimate of drug-likeness (QED) is 0.736. The van der Waals surface area contributed by atoms with Gasteiger partial charge in [0.2, 0.25) is 5.95 Å². The highest BCUT2D eigenvalue weighted by atomic mass is 79.9. The molecule has 0 bridgehead atoms. The van der Waals surface area contributed by atoms with Crippen molar-refractivity contribution in [2.45, 2.75) is 0 Å². The summed E-state index contributed by atoms with van der Waals surface area (Å²) in [4.78, 5) is 7.23. The Bertz CT molecular complexity index is 755. The number of aromatic nitrogens is 2. The van der Waals surface area contributed by atoms with Crippen LogP contribution in [0.3, 0.4) is 0 Å². The monoisotopic (exact) mass is 323 g/mol. The van der Waals surface area contributed by atoms with Gasteiger partial charge in [-0.05, 0) is 30.3 Å². The second-order valence-corrected chi connectivity index (χ2v) is 4.91. The summed E-state index contributed by atoms with van der Waals surface area (Å²) < 4.78 is 27.5. The first kappa shape index (κ1) is 12.1. The Kier molecular flexibility index (Phi) is 2.94. The fraction of sp³-hybridized carbons (Fsp3) is 0. The predicted octanol–water partition coefficient (Wildman–Crippen LogP) is 4.35. The number of aromatic amines is 1. The molecule has 2 aromatic carbocycles. The Balaban J connectivity index is 1.98. The highest BCUT2D eigenvalue weighted by Gasteiger charge is 2.07. The molecule has 0 atom stereocenters. The molecule has 3 aromatic rings. The molecule has 0 saturated carbocycles. The number of hydrogen-bond acceptors (Lipinski definition) is 2. The highest BCUT2D eigenvalue weighted by Crippen LogP contribution is 2.23. The average Bonchev–Trinajstić information content (AvgIpc) is 2.75. The average molecular weight is 324 g/mol. The van der Waals surface area contributed by atoms with Gasteiger partial charge in [0.15, 0.2) is 0 Å².